The molecular formula is C23H23F4N3OS. The van der Waals surface area contributed by atoms with Crippen LogP contribution in [-0.2, 0) is 11.0 Å². The third-order valence-electron chi connectivity index (χ3n) is 5.39. The number of thiocarbonyl (C=S) groups is 1. The summed E-state index contributed by atoms with van der Waals surface area (Å²) in [6, 6.07) is 9.07. The summed E-state index contributed by atoms with van der Waals surface area (Å²) in [5, 5.41) is 8.99. The zero-order valence-corrected chi connectivity index (χ0v) is 19.1. The summed E-state index contributed by atoms with van der Waals surface area (Å²) in [7, 11) is 1.59. The van der Waals surface area contributed by atoms with Crippen LogP contribution in [0.2, 0.25) is 0 Å². The van der Waals surface area contributed by atoms with Crippen molar-refractivity contribution in [3.63, 3.8) is 0 Å². The van der Waals surface area contributed by atoms with E-state index in [1.807, 2.05) is 13.8 Å². The van der Waals surface area contributed by atoms with Crippen molar-refractivity contribution >= 4 is 35.0 Å². The van der Waals surface area contributed by atoms with Gasteiger partial charge >= 0.3 is 6.18 Å². The fraction of sp³-hybridized carbons (Fsp3) is 0.348. The van der Waals surface area contributed by atoms with E-state index in [9.17, 15) is 22.4 Å². The van der Waals surface area contributed by atoms with Crippen LogP contribution >= 0.6 is 12.2 Å². The van der Waals surface area contributed by atoms with Crippen LogP contribution in [-0.4, -0.2) is 24.0 Å². The highest BCUT2D eigenvalue weighted by atomic mass is 32.1. The van der Waals surface area contributed by atoms with Gasteiger partial charge in [0, 0.05) is 18.4 Å². The summed E-state index contributed by atoms with van der Waals surface area (Å²) >= 11 is 4.92. The van der Waals surface area contributed by atoms with Crippen molar-refractivity contribution in [2.45, 2.75) is 45.3 Å². The first-order chi connectivity index (χ1) is 14.7. The zero-order chi connectivity index (χ0) is 24.4. The Kier molecular flexibility index (Phi) is 7.30. The van der Waals surface area contributed by atoms with Crippen LogP contribution in [0.4, 0.5) is 28.9 Å². The predicted octanol–water partition coefficient (Wildman–Crippen LogP) is 6.04. The highest BCUT2D eigenvalue weighted by Gasteiger charge is 2.38. The van der Waals surface area contributed by atoms with Gasteiger partial charge in [-0.2, -0.15) is 18.4 Å². The first-order valence-electron chi connectivity index (χ1n) is 9.69. The molecule has 0 aliphatic heterocycles. The van der Waals surface area contributed by atoms with Crippen LogP contribution in [0, 0.1) is 17.1 Å². The number of nitrogens with zero attached hydrogens (tertiary/aromatic N) is 3. The van der Waals surface area contributed by atoms with E-state index in [0.717, 1.165) is 16.5 Å². The van der Waals surface area contributed by atoms with E-state index in [0.29, 0.717) is 17.3 Å². The molecule has 0 aliphatic carbocycles. The lowest BCUT2D eigenvalue weighted by Crippen LogP contribution is -2.55. The second-order valence-electron chi connectivity index (χ2n) is 8.10. The topological polar surface area (TPSA) is 47.3 Å². The Morgan fingerprint density at radius 2 is 1.72 bits per heavy atom. The van der Waals surface area contributed by atoms with E-state index in [1.54, 1.807) is 33.0 Å². The van der Waals surface area contributed by atoms with Crippen molar-refractivity contribution in [3.05, 3.63) is 58.9 Å². The van der Waals surface area contributed by atoms with E-state index in [-0.39, 0.29) is 11.6 Å². The minimum absolute atomic E-state index is 0.0199. The van der Waals surface area contributed by atoms with E-state index in [4.69, 9.17) is 17.5 Å². The van der Waals surface area contributed by atoms with Gasteiger partial charge in [0.2, 0.25) is 0 Å². The molecule has 0 spiro atoms. The number of likely N-dealkylation sites (N-methyl/N-ethyl adjacent to an activating group) is 1. The van der Waals surface area contributed by atoms with Gasteiger partial charge in [-0.05, 0) is 55.7 Å². The predicted molar refractivity (Wildman–Crippen MR) is 120 cm³/mol. The molecule has 0 bridgehead atoms. The van der Waals surface area contributed by atoms with Gasteiger partial charge in [-0.3, -0.25) is 9.69 Å². The maximum absolute atomic E-state index is 14.5. The quantitative estimate of drug-likeness (QED) is 0.385. The lowest BCUT2D eigenvalue weighted by molar-refractivity contribution is -0.137. The summed E-state index contributed by atoms with van der Waals surface area (Å²) in [6.45, 7) is 6.84. The largest absolute Gasteiger partial charge is 0.417 e. The van der Waals surface area contributed by atoms with Gasteiger partial charge in [0.1, 0.15) is 11.4 Å². The first kappa shape index (κ1) is 25.3. The molecule has 0 aliphatic rings. The molecule has 32 heavy (non-hydrogen) atoms. The molecule has 170 valence electrons. The number of rotatable bonds is 6. The number of hydrogen-bond acceptors (Lipinski definition) is 4. The number of benzene rings is 2. The number of halogens is 4. The average Bonchev–Trinajstić information content (AvgIpc) is 2.72. The highest BCUT2D eigenvalue weighted by molar-refractivity contribution is 7.79. The van der Waals surface area contributed by atoms with Crippen LogP contribution in [0.15, 0.2) is 36.4 Å². The molecule has 0 heterocycles. The third-order valence-corrected chi connectivity index (χ3v) is 5.60. The fourth-order valence-electron chi connectivity index (χ4n) is 3.19. The van der Waals surface area contributed by atoms with Gasteiger partial charge in [0.15, 0.2) is 0 Å². The minimum Gasteiger partial charge on any atom is -0.361 e. The smallest absolute Gasteiger partial charge is 0.361 e. The Labute approximate surface area is 190 Å². The van der Waals surface area contributed by atoms with E-state index in [1.165, 1.54) is 23.1 Å². The molecule has 1 amide bonds. The molecule has 2 aromatic rings. The van der Waals surface area contributed by atoms with Crippen LogP contribution < -0.4 is 9.80 Å². The normalized spacial score (nSPS) is 11.8. The summed E-state index contributed by atoms with van der Waals surface area (Å²) in [4.78, 5) is 15.8. The maximum atomic E-state index is 14.5. The Bertz CT molecular complexity index is 1070. The van der Waals surface area contributed by atoms with Crippen molar-refractivity contribution in [3.8, 4) is 6.07 Å². The molecule has 0 unspecified atom stereocenters. The molecule has 9 heteroatoms. The van der Waals surface area contributed by atoms with E-state index < -0.39 is 34.6 Å². The fourth-order valence-corrected chi connectivity index (χ4v) is 3.41. The Morgan fingerprint density at radius 1 is 1.12 bits per heavy atom. The van der Waals surface area contributed by atoms with Crippen molar-refractivity contribution < 1.29 is 22.4 Å². The zero-order valence-electron chi connectivity index (χ0n) is 18.3. The van der Waals surface area contributed by atoms with Gasteiger partial charge in [0.05, 0.1) is 22.7 Å². The Hall–Kier alpha value is -2.99. The second-order valence-corrected chi connectivity index (χ2v) is 8.31. The van der Waals surface area contributed by atoms with Crippen molar-refractivity contribution in [2.24, 2.45) is 0 Å². The molecule has 0 N–H and O–H groups in total. The number of carbonyl (C=O) groups excluding carboxylic acids is 1. The maximum Gasteiger partial charge on any atom is 0.417 e. The molecule has 2 aromatic carbocycles. The van der Waals surface area contributed by atoms with Crippen LogP contribution in [0.3, 0.4) is 0 Å². The van der Waals surface area contributed by atoms with E-state index in [2.05, 4.69) is 0 Å². The Balaban J connectivity index is 2.46. The molecule has 0 fully saturated rings. The van der Waals surface area contributed by atoms with Crippen molar-refractivity contribution in [2.75, 3.05) is 16.8 Å². The summed E-state index contributed by atoms with van der Waals surface area (Å²) in [5.74, 6) is -1.06. The van der Waals surface area contributed by atoms with Crippen LogP contribution in [0.1, 0.15) is 50.3 Å². The second kappa shape index (κ2) is 9.25. The van der Waals surface area contributed by atoms with Crippen LogP contribution in [0.25, 0.3) is 0 Å². The summed E-state index contributed by atoms with van der Waals surface area (Å²) in [5.41, 5.74) is -1.25. The Morgan fingerprint density at radius 3 is 2.19 bits per heavy atom. The van der Waals surface area contributed by atoms with Crippen molar-refractivity contribution in [1.82, 2.24) is 0 Å². The van der Waals surface area contributed by atoms with Gasteiger partial charge < -0.3 is 4.90 Å². The number of hydrogen-bond donors (Lipinski definition) is 0. The van der Waals surface area contributed by atoms with Gasteiger partial charge in [-0.1, -0.05) is 32.1 Å². The molecule has 0 saturated heterocycles. The number of anilines is 2. The SMILES string of the molecule is CC(C)c1ccc(N(C)C(C)(C)C(=O)N(C=S)c2ccc(C#N)c(C(F)(F)F)c2)cc1F. The monoisotopic (exact) mass is 465 g/mol. The van der Waals surface area contributed by atoms with Crippen molar-refractivity contribution in [1.29, 1.82) is 5.26 Å². The first-order valence-corrected chi connectivity index (χ1v) is 10.2. The van der Waals surface area contributed by atoms with Gasteiger partial charge in [-0.15, -0.1) is 0 Å². The molecule has 2 rings (SSSR count). The summed E-state index contributed by atoms with van der Waals surface area (Å²) in [6.07, 6.45) is -4.78. The minimum atomic E-state index is -4.78. The van der Waals surface area contributed by atoms with E-state index >= 15 is 0 Å². The molecular weight excluding hydrogens is 442 g/mol. The molecule has 0 radical (unpaired) electrons. The highest BCUT2D eigenvalue weighted by Crippen LogP contribution is 2.35. The average molecular weight is 466 g/mol. The number of amides is 1. The number of nitriles is 1. The summed E-state index contributed by atoms with van der Waals surface area (Å²) < 4.78 is 54.6. The molecule has 0 saturated carbocycles. The van der Waals surface area contributed by atoms with Gasteiger partial charge in [-0.25, -0.2) is 4.39 Å². The standard InChI is InChI=1S/C23H23F4N3OS/c1-14(2)18-9-8-16(11-20(18)24)29(5)22(3,4)21(31)30(13-32)17-7-6-15(12-28)19(10-17)23(25,26)27/h6-11,13-14H,1-5H3. The lowest BCUT2D eigenvalue weighted by Gasteiger charge is -2.38. The third kappa shape index (κ3) is 4.91. The van der Waals surface area contributed by atoms with Gasteiger partial charge in [0.25, 0.3) is 5.91 Å². The number of alkyl halides is 3. The number of carbonyl (C=O) groups is 1. The molecule has 0 atom stereocenters. The van der Waals surface area contributed by atoms with Crippen LogP contribution in [0.5, 0.6) is 0 Å². The lowest BCUT2D eigenvalue weighted by atomic mass is 9.97. The molecule has 0 aromatic heterocycles. The molecule has 4 nitrogen and oxygen atoms in total.